The second kappa shape index (κ2) is 8.76. The van der Waals surface area contributed by atoms with Gasteiger partial charge in [0.05, 0.1) is 12.4 Å². The lowest BCUT2D eigenvalue weighted by molar-refractivity contribution is 0.252. The van der Waals surface area contributed by atoms with E-state index in [4.69, 9.17) is 9.26 Å². The fourth-order valence-corrected chi connectivity index (χ4v) is 6.02. The molecular formula is C27H24NO3P. The van der Waals surface area contributed by atoms with Crippen molar-refractivity contribution in [3.05, 3.63) is 120 Å². The van der Waals surface area contributed by atoms with Crippen LogP contribution in [0.15, 0.2) is 103 Å². The van der Waals surface area contributed by atoms with Gasteiger partial charge in [-0.3, -0.25) is 4.57 Å². The number of hydrogen-bond donors (Lipinski definition) is 1. The Labute approximate surface area is 188 Å². The maximum Gasteiger partial charge on any atom is 0.301 e. The van der Waals surface area contributed by atoms with Crippen molar-refractivity contribution in [3.63, 3.8) is 0 Å². The topological polar surface area (TPSA) is 47.6 Å². The Morgan fingerprint density at radius 3 is 2.06 bits per heavy atom. The molecule has 1 aliphatic rings. The van der Waals surface area contributed by atoms with Crippen LogP contribution in [-0.4, -0.2) is 7.11 Å². The van der Waals surface area contributed by atoms with Crippen LogP contribution in [0.5, 0.6) is 5.75 Å². The number of nitrogens with one attached hydrogen (secondary N) is 1. The van der Waals surface area contributed by atoms with Crippen LogP contribution in [0.1, 0.15) is 22.8 Å². The van der Waals surface area contributed by atoms with Gasteiger partial charge in [-0.2, -0.15) is 0 Å². The van der Waals surface area contributed by atoms with E-state index < -0.39 is 13.6 Å². The van der Waals surface area contributed by atoms with Gasteiger partial charge in [-0.1, -0.05) is 84.9 Å². The van der Waals surface area contributed by atoms with Gasteiger partial charge >= 0.3 is 7.52 Å². The third-order valence-corrected chi connectivity index (χ3v) is 7.80. The molecule has 1 N–H and O–H groups in total. The minimum Gasteiger partial charge on any atom is -0.497 e. The lowest BCUT2D eigenvalue weighted by atomic mass is 10.1. The van der Waals surface area contributed by atoms with Crippen LogP contribution in [-0.2, 0) is 15.6 Å². The summed E-state index contributed by atoms with van der Waals surface area (Å²) in [5, 5.41) is 3.82. The van der Waals surface area contributed by atoms with E-state index in [1.54, 1.807) is 13.2 Å². The molecule has 0 radical (unpaired) electrons. The highest BCUT2D eigenvalue weighted by atomic mass is 31.2. The summed E-state index contributed by atoms with van der Waals surface area (Å²) >= 11 is 0. The molecular weight excluding hydrogens is 417 g/mol. The van der Waals surface area contributed by atoms with E-state index in [9.17, 15) is 4.57 Å². The number of ether oxygens (including phenoxy) is 1. The van der Waals surface area contributed by atoms with Gasteiger partial charge in [-0.15, -0.1) is 0 Å². The molecule has 0 spiro atoms. The van der Waals surface area contributed by atoms with E-state index in [2.05, 4.69) is 17.2 Å². The molecule has 5 rings (SSSR count). The zero-order chi connectivity index (χ0) is 22.0. The van der Waals surface area contributed by atoms with Crippen LogP contribution in [0.25, 0.3) is 11.1 Å². The summed E-state index contributed by atoms with van der Waals surface area (Å²) in [6.45, 7) is 0.422. The van der Waals surface area contributed by atoms with E-state index in [1.165, 1.54) is 0 Å². The molecule has 0 saturated carbocycles. The fourth-order valence-electron chi connectivity index (χ4n) is 4.15. The van der Waals surface area contributed by atoms with Gasteiger partial charge in [0.1, 0.15) is 11.9 Å². The van der Waals surface area contributed by atoms with Gasteiger partial charge in [0.15, 0.2) is 0 Å². The maximum absolute atomic E-state index is 14.4. The van der Waals surface area contributed by atoms with Gasteiger partial charge in [0.2, 0.25) is 0 Å². The average Bonchev–Trinajstić information content (AvgIpc) is 3.17. The molecule has 1 atom stereocenters. The number of hydrogen-bond acceptors (Lipinski definition) is 3. The first kappa shape index (κ1) is 20.7. The Hall–Kier alpha value is -3.17. The lowest BCUT2D eigenvalue weighted by Crippen LogP contribution is -2.23. The molecule has 160 valence electrons. The van der Waals surface area contributed by atoms with Crippen molar-refractivity contribution in [2.24, 2.45) is 0 Å². The van der Waals surface area contributed by atoms with Crippen molar-refractivity contribution in [1.29, 1.82) is 0 Å². The SMILES string of the molecule is COc1cccc([P@@](=O)(NCc2ccccc2)OC2c3ccccc3-c3ccccc32)c1. The Morgan fingerprint density at radius 2 is 1.41 bits per heavy atom. The highest BCUT2D eigenvalue weighted by molar-refractivity contribution is 7.65. The quantitative estimate of drug-likeness (QED) is 0.353. The Morgan fingerprint density at radius 1 is 0.781 bits per heavy atom. The monoisotopic (exact) mass is 441 g/mol. The molecule has 4 aromatic rings. The average molecular weight is 441 g/mol. The van der Waals surface area contributed by atoms with Gasteiger partial charge in [0, 0.05) is 6.54 Å². The third kappa shape index (κ3) is 3.89. The summed E-state index contributed by atoms with van der Waals surface area (Å²) in [6.07, 6.45) is -0.428. The normalized spacial score (nSPS) is 14.4. The molecule has 0 amide bonds. The number of fused-ring (bicyclic) bond motifs is 3. The standard InChI is InChI=1S/C27H24NO3P/c1-30-21-12-9-13-22(18-21)32(29,28-19-20-10-3-2-4-11-20)31-27-25-16-7-5-14-23(25)24-15-6-8-17-26(24)27/h2-18,27H,19H2,1H3,(H,28,29)/t32-/m0/s1. The summed E-state index contributed by atoms with van der Waals surface area (Å²) in [5.41, 5.74) is 5.32. The predicted molar refractivity (Wildman–Crippen MR) is 128 cm³/mol. The summed E-state index contributed by atoms with van der Waals surface area (Å²) in [7, 11) is -1.86. The number of rotatable bonds is 7. The second-order valence-corrected chi connectivity index (χ2v) is 9.88. The van der Waals surface area contributed by atoms with E-state index in [-0.39, 0.29) is 0 Å². The van der Waals surface area contributed by atoms with Crippen molar-refractivity contribution < 1.29 is 13.8 Å². The molecule has 0 bridgehead atoms. The molecule has 0 fully saturated rings. The largest absolute Gasteiger partial charge is 0.497 e. The van der Waals surface area contributed by atoms with Gasteiger partial charge in [0.25, 0.3) is 0 Å². The molecule has 5 heteroatoms. The molecule has 1 aliphatic carbocycles. The lowest BCUT2D eigenvalue weighted by Gasteiger charge is -2.25. The van der Waals surface area contributed by atoms with Crippen molar-refractivity contribution in [2.45, 2.75) is 12.6 Å². The van der Waals surface area contributed by atoms with E-state index in [1.807, 2.05) is 84.9 Å². The zero-order valence-corrected chi connectivity index (χ0v) is 18.7. The maximum atomic E-state index is 14.4. The predicted octanol–water partition coefficient (Wildman–Crippen LogP) is 6.09. The molecule has 4 aromatic carbocycles. The number of benzene rings is 4. The highest BCUT2D eigenvalue weighted by Gasteiger charge is 2.36. The first-order valence-electron chi connectivity index (χ1n) is 10.6. The van der Waals surface area contributed by atoms with E-state index >= 15 is 0 Å². The van der Waals surface area contributed by atoms with Crippen LogP contribution in [0, 0.1) is 0 Å². The van der Waals surface area contributed by atoms with Gasteiger partial charge in [-0.25, -0.2) is 5.09 Å². The van der Waals surface area contributed by atoms with E-state index in [0.29, 0.717) is 17.6 Å². The highest BCUT2D eigenvalue weighted by Crippen LogP contribution is 2.54. The molecule has 0 aliphatic heterocycles. The second-order valence-electron chi connectivity index (χ2n) is 7.73. The molecule has 0 saturated heterocycles. The first-order valence-corrected chi connectivity index (χ1v) is 12.2. The van der Waals surface area contributed by atoms with Crippen LogP contribution < -0.4 is 15.1 Å². The summed E-state index contributed by atoms with van der Waals surface area (Å²) in [4.78, 5) is 0. The Bertz CT molecular complexity index is 1240. The molecule has 0 unspecified atom stereocenters. The van der Waals surface area contributed by atoms with Crippen LogP contribution in [0.3, 0.4) is 0 Å². The minimum atomic E-state index is -3.47. The van der Waals surface area contributed by atoms with Crippen molar-refractivity contribution in [2.75, 3.05) is 7.11 Å². The number of methoxy groups -OCH3 is 1. The van der Waals surface area contributed by atoms with Crippen molar-refractivity contribution >= 4 is 12.8 Å². The first-order chi connectivity index (χ1) is 15.7. The van der Waals surface area contributed by atoms with E-state index in [0.717, 1.165) is 27.8 Å². The summed E-state index contributed by atoms with van der Waals surface area (Å²) < 4.78 is 26.4. The smallest absolute Gasteiger partial charge is 0.301 e. The van der Waals surface area contributed by atoms with Crippen LogP contribution in [0.2, 0.25) is 0 Å². The summed E-state index contributed by atoms with van der Waals surface area (Å²) in [5.74, 6) is 0.639. The molecule has 0 heterocycles. The molecule has 32 heavy (non-hydrogen) atoms. The molecule has 4 nitrogen and oxygen atoms in total. The molecule has 0 aromatic heterocycles. The minimum absolute atomic E-state index is 0.422. The van der Waals surface area contributed by atoms with Gasteiger partial charge < -0.3 is 9.26 Å². The van der Waals surface area contributed by atoms with Crippen molar-refractivity contribution in [3.8, 4) is 16.9 Å². The Balaban J connectivity index is 1.56. The van der Waals surface area contributed by atoms with Crippen LogP contribution in [0.4, 0.5) is 0 Å². The summed E-state index contributed by atoms with van der Waals surface area (Å²) in [6, 6.07) is 33.5. The van der Waals surface area contributed by atoms with Crippen LogP contribution >= 0.6 is 7.52 Å². The van der Waals surface area contributed by atoms with Crippen molar-refractivity contribution in [1.82, 2.24) is 5.09 Å². The zero-order valence-electron chi connectivity index (χ0n) is 17.8. The van der Waals surface area contributed by atoms with Gasteiger partial charge in [-0.05, 0) is 46.0 Å². The Kier molecular flexibility index (Phi) is 5.67. The third-order valence-electron chi connectivity index (χ3n) is 5.76. The fraction of sp³-hybridized carbons (Fsp3) is 0.111.